The quantitative estimate of drug-likeness (QED) is 0.753. The molecule has 16 heavy (non-hydrogen) atoms. The Kier molecular flexibility index (Phi) is 3.37. The lowest BCUT2D eigenvalue weighted by Crippen LogP contribution is -2.32. The zero-order chi connectivity index (χ0) is 11.4. The van der Waals surface area contributed by atoms with Gasteiger partial charge >= 0.3 is 0 Å². The Labute approximate surface area is 95.8 Å². The molecule has 1 heterocycles. The van der Waals surface area contributed by atoms with Gasteiger partial charge in [-0.15, -0.1) is 0 Å². The number of amides is 1. The number of carbonyl (C=O) groups is 1. The number of hydrogen-bond acceptors (Lipinski definition) is 2. The van der Waals surface area contributed by atoms with Crippen LogP contribution in [-0.2, 0) is 11.3 Å². The lowest BCUT2D eigenvalue weighted by molar-refractivity contribution is -0.121. The minimum Gasteiger partial charge on any atom is -0.351 e. The molecule has 3 nitrogen and oxygen atoms in total. The zero-order valence-corrected chi connectivity index (χ0v) is 9.28. The lowest BCUT2D eigenvalue weighted by atomic mass is 10.2. The maximum Gasteiger partial charge on any atom is 0.234 e. The Morgan fingerprint density at radius 1 is 1.25 bits per heavy atom. The summed E-state index contributed by atoms with van der Waals surface area (Å²) >= 11 is 0. The normalized spacial score (nSPS) is 18.0. The molecule has 0 bridgehead atoms. The van der Waals surface area contributed by atoms with Crippen molar-refractivity contribution < 1.29 is 4.79 Å². The van der Waals surface area contributed by atoms with Gasteiger partial charge in [0.15, 0.2) is 0 Å². The van der Waals surface area contributed by atoms with Crippen molar-refractivity contribution in [2.45, 2.75) is 6.54 Å². The molecule has 1 N–H and O–H groups in total. The summed E-state index contributed by atoms with van der Waals surface area (Å²) in [5.74, 6) is 0.0783. The van der Waals surface area contributed by atoms with Crippen LogP contribution in [0.4, 0.5) is 0 Å². The second-order valence-electron chi connectivity index (χ2n) is 4.16. The molecule has 1 aliphatic rings. The van der Waals surface area contributed by atoms with Crippen molar-refractivity contribution in [1.82, 2.24) is 10.2 Å². The van der Waals surface area contributed by atoms with Crippen LogP contribution < -0.4 is 5.32 Å². The van der Waals surface area contributed by atoms with Crippen LogP contribution >= 0.6 is 0 Å². The van der Waals surface area contributed by atoms with Crippen LogP contribution in [0.25, 0.3) is 0 Å². The summed E-state index contributed by atoms with van der Waals surface area (Å²) in [5, 5.41) is 2.83. The van der Waals surface area contributed by atoms with Crippen LogP contribution in [0.2, 0.25) is 0 Å². The fourth-order valence-electron chi connectivity index (χ4n) is 1.86. The monoisotopic (exact) mass is 216 g/mol. The molecular formula is C13H16N2O. The number of nitrogens with one attached hydrogen (secondary N) is 1. The third-order valence-corrected chi connectivity index (χ3v) is 2.60. The second-order valence-corrected chi connectivity index (χ2v) is 4.16. The van der Waals surface area contributed by atoms with E-state index in [1.807, 2.05) is 18.2 Å². The first-order valence-electron chi connectivity index (χ1n) is 5.43. The van der Waals surface area contributed by atoms with Gasteiger partial charge in [0.25, 0.3) is 0 Å². The average Bonchev–Trinajstić information content (AvgIpc) is 2.42. The number of hydrogen-bond donors (Lipinski definition) is 1. The van der Waals surface area contributed by atoms with Crippen LogP contribution in [0.1, 0.15) is 5.56 Å². The van der Waals surface area contributed by atoms with E-state index in [2.05, 4.69) is 28.9 Å². The molecule has 84 valence electrons. The van der Waals surface area contributed by atoms with E-state index in [0.717, 1.165) is 18.7 Å². The Balaban J connectivity index is 2.03. The summed E-state index contributed by atoms with van der Waals surface area (Å²) in [4.78, 5) is 13.5. The van der Waals surface area contributed by atoms with Gasteiger partial charge in [-0.25, -0.2) is 0 Å². The van der Waals surface area contributed by atoms with E-state index in [9.17, 15) is 4.79 Å². The van der Waals surface area contributed by atoms with Crippen LogP contribution in [0, 0.1) is 0 Å². The Hall–Kier alpha value is -1.61. The summed E-state index contributed by atoms with van der Waals surface area (Å²) in [6, 6.07) is 10.2. The molecule has 1 saturated heterocycles. The Morgan fingerprint density at radius 2 is 2.00 bits per heavy atom. The van der Waals surface area contributed by atoms with E-state index in [-0.39, 0.29) is 5.91 Å². The van der Waals surface area contributed by atoms with Gasteiger partial charge in [-0.05, 0) is 11.1 Å². The Bertz CT molecular complexity index is 368. The maximum atomic E-state index is 11.4. The molecule has 1 aliphatic heterocycles. The smallest absolute Gasteiger partial charge is 0.234 e. The van der Waals surface area contributed by atoms with Crippen molar-refractivity contribution in [3.05, 3.63) is 48.0 Å². The van der Waals surface area contributed by atoms with E-state index in [1.54, 1.807) is 0 Å². The summed E-state index contributed by atoms with van der Waals surface area (Å²) in [6.45, 7) is 6.58. The molecule has 0 saturated carbocycles. The second kappa shape index (κ2) is 4.94. The molecule has 1 aromatic carbocycles. The molecule has 0 atom stereocenters. The number of benzene rings is 1. The fourth-order valence-corrected chi connectivity index (χ4v) is 1.86. The van der Waals surface area contributed by atoms with E-state index in [0.29, 0.717) is 13.1 Å². The third-order valence-electron chi connectivity index (χ3n) is 2.60. The summed E-state index contributed by atoms with van der Waals surface area (Å²) in [5.41, 5.74) is 2.28. The van der Waals surface area contributed by atoms with Crippen molar-refractivity contribution in [1.29, 1.82) is 0 Å². The van der Waals surface area contributed by atoms with Gasteiger partial charge < -0.3 is 5.32 Å². The molecule has 0 spiro atoms. The largest absolute Gasteiger partial charge is 0.351 e. The highest BCUT2D eigenvalue weighted by atomic mass is 16.2. The highest BCUT2D eigenvalue weighted by Gasteiger charge is 2.16. The fraction of sp³-hybridized carbons (Fsp3) is 0.308. The SMILES string of the molecule is C=C1CNC(=O)CN(Cc2ccccc2)C1. The van der Waals surface area contributed by atoms with Crippen molar-refractivity contribution in [2.24, 2.45) is 0 Å². The van der Waals surface area contributed by atoms with Crippen molar-refractivity contribution in [3.8, 4) is 0 Å². The molecule has 1 aromatic rings. The van der Waals surface area contributed by atoms with Crippen LogP contribution in [0.5, 0.6) is 0 Å². The van der Waals surface area contributed by atoms with Crippen LogP contribution in [0.3, 0.4) is 0 Å². The molecule has 0 aliphatic carbocycles. The Morgan fingerprint density at radius 3 is 2.75 bits per heavy atom. The van der Waals surface area contributed by atoms with Crippen molar-refractivity contribution in [3.63, 3.8) is 0 Å². The molecule has 1 fully saturated rings. The predicted octanol–water partition coefficient (Wildman–Crippen LogP) is 1.17. The van der Waals surface area contributed by atoms with E-state index in [1.165, 1.54) is 5.56 Å². The highest BCUT2D eigenvalue weighted by molar-refractivity contribution is 5.78. The molecule has 0 unspecified atom stereocenters. The van der Waals surface area contributed by atoms with Gasteiger partial charge in [-0.1, -0.05) is 36.9 Å². The number of nitrogens with zero attached hydrogens (tertiary/aromatic N) is 1. The van der Waals surface area contributed by atoms with Crippen molar-refractivity contribution >= 4 is 5.91 Å². The van der Waals surface area contributed by atoms with Gasteiger partial charge in [0.05, 0.1) is 6.54 Å². The van der Waals surface area contributed by atoms with Crippen molar-refractivity contribution in [2.75, 3.05) is 19.6 Å². The van der Waals surface area contributed by atoms with Gasteiger partial charge in [-0.2, -0.15) is 0 Å². The molecule has 0 radical (unpaired) electrons. The zero-order valence-electron chi connectivity index (χ0n) is 9.28. The standard InChI is InChI=1S/C13H16N2O/c1-11-7-14-13(16)10-15(8-11)9-12-5-3-2-4-6-12/h2-6H,1,7-10H2,(H,14,16). The van der Waals surface area contributed by atoms with Crippen LogP contribution in [0.15, 0.2) is 42.5 Å². The predicted molar refractivity (Wildman–Crippen MR) is 63.9 cm³/mol. The lowest BCUT2D eigenvalue weighted by Gasteiger charge is -2.18. The minimum absolute atomic E-state index is 0.0783. The maximum absolute atomic E-state index is 11.4. The first-order valence-corrected chi connectivity index (χ1v) is 5.43. The number of rotatable bonds is 2. The molecule has 1 amide bonds. The number of carbonyl (C=O) groups excluding carboxylic acids is 1. The summed E-state index contributed by atoms with van der Waals surface area (Å²) in [7, 11) is 0. The van der Waals surface area contributed by atoms with Crippen LogP contribution in [-0.4, -0.2) is 30.4 Å². The minimum atomic E-state index is 0.0783. The van der Waals surface area contributed by atoms with Gasteiger partial charge in [0, 0.05) is 19.6 Å². The van der Waals surface area contributed by atoms with E-state index in [4.69, 9.17) is 0 Å². The summed E-state index contributed by atoms with van der Waals surface area (Å²) in [6.07, 6.45) is 0. The molecule has 0 aromatic heterocycles. The first-order chi connectivity index (χ1) is 7.74. The first kappa shape index (κ1) is 10.9. The van der Waals surface area contributed by atoms with E-state index >= 15 is 0 Å². The summed E-state index contributed by atoms with van der Waals surface area (Å²) < 4.78 is 0. The molecule has 3 heteroatoms. The van der Waals surface area contributed by atoms with Gasteiger partial charge in [-0.3, -0.25) is 9.69 Å². The average molecular weight is 216 g/mol. The topological polar surface area (TPSA) is 32.3 Å². The van der Waals surface area contributed by atoms with E-state index < -0.39 is 0 Å². The molecular weight excluding hydrogens is 200 g/mol. The van der Waals surface area contributed by atoms with Gasteiger partial charge in [0.2, 0.25) is 5.91 Å². The third kappa shape index (κ3) is 2.94. The highest BCUT2D eigenvalue weighted by Crippen LogP contribution is 2.07. The molecule has 2 rings (SSSR count). The van der Waals surface area contributed by atoms with Gasteiger partial charge in [0.1, 0.15) is 0 Å².